The number of hydrogen-bond acceptors (Lipinski definition) is 3. The summed E-state index contributed by atoms with van der Waals surface area (Å²) < 4.78 is 5.26. The van der Waals surface area contributed by atoms with Gasteiger partial charge < -0.3 is 15.4 Å². The standard InChI is InChI=1S/C16H26N2O2/c1-12(2)14(17)9-10-18(3)16(19)11-13-7-5-6-8-15(13)20-4/h5-8,12,14H,9-11,17H2,1-4H3. The number of ether oxygens (including phenoxy) is 1. The lowest BCUT2D eigenvalue weighted by Crippen LogP contribution is -2.35. The van der Waals surface area contributed by atoms with E-state index in [0.717, 1.165) is 17.7 Å². The molecule has 0 saturated carbocycles. The van der Waals surface area contributed by atoms with Gasteiger partial charge >= 0.3 is 0 Å². The van der Waals surface area contributed by atoms with E-state index in [2.05, 4.69) is 13.8 Å². The predicted molar refractivity (Wildman–Crippen MR) is 81.8 cm³/mol. The van der Waals surface area contributed by atoms with Crippen LogP contribution in [0.1, 0.15) is 25.8 Å². The highest BCUT2D eigenvalue weighted by molar-refractivity contribution is 5.79. The van der Waals surface area contributed by atoms with Gasteiger partial charge in [0, 0.05) is 25.2 Å². The Bertz CT molecular complexity index is 432. The van der Waals surface area contributed by atoms with Crippen molar-refractivity contribution in [2.75, 3.05) is 20.7 Å². The lowest BCUT2D eigenvalue weighted by atomic mass is 10.0. The van der Waals surface area contributed by atoms with Crippen LogP contribution in [0.15, 0.2) is 24.3 Å². The number of rotatable bonds is 7. The van der Waals surface area contributed by atoms with E-state index in [1.165, 1.54) is 0 Å². The molecule has 4 heteroatoms. The molecule has 20 heavy (non-hydrogen) atoms. The maximum Gasteiger partial charge on any atom is 0.226 e. The number of likely N-dealkylation sites (N-methyl/N-ethyl adjacent to an activating group) is 1. The number of nitrogens with zero attached hydrogens (tertiary/aromatic N) is 1. The van der Waals surface area contributed by atoms with E-state index in [1.807, 2.05) is 31.3 Å². The Labute approximate surface area is 121 Å². The molecule has 1 aromatic carbocycles. The van der Waals surface area contributed by atoms with Gasteiger partial charge in [0.25, 0.3) is 0 Å². The van der Waals surface area contributed by atoms with Gasteiger partial charge in [0.05, 0.1) is 13.5 Å². The molecule has 0 spiro atoms. The number of methoxy groups -OCH3 is 1. The fourth-order valence-corrected chi connectivity index (χ4v) is 1.95. The number of carbonyl (C=O) groups excluding carboxylic acids is 1. The number of para-hydroxylation sites is 1. The second-order valence-electron chi connectivity index (χ2n) is 5.50. The zero-order valence-corrected chi connectivity index (χ0v) is 12.9. The molecule has 1 rings (SSSR count). The third-order valence-corrected chi connectivity index (χ3v) is 3.61. The molecule has 0 aliphatic rings. The lowest BCUT2D eigenvalue weighted by molar-refractivity contribution is -0.129. The van der Waals surface area contributed by atoms with Crippen LogP contribution in [0.3, 0.4) is 0 Å². The van der Waals surface area contributed by atoms with E-state index in [0.29, 0.717) is 18.9 Å². The van der Waals surface area contributed by atoms with Gasteiger partial charge in [-0.3, -0.25) is 4.79 Å². The summed E-state index contributed by atoms with van der Waals surface area (Å²) in [5.74, 6) is 1.28. The van der Waals surface area contributed by atoms with E-state index >= 15 is 0 Å². The van der Waals surface area contributed by atoms with Gasteiger partial charge in [-0.2, -0.15) is 0 Å². The first-order valence-corrected chi connectivity index (χ1v) is 7.07. The molecule has 112 valence electrons. The van der Waals surface area contributed by atoms with Gasteiger partial charge in [-0.05, 0) is 18.4 Å². The Morgan fingerprint density at radius 2 is 2.00 bits per heavy atom. The van der Waals surface area contributed by atoms with Gasteiger partial charge in [0.15, 0.2) is 0 Å². The molecule has 0 aromatic heterocycles. The molecule has 0 heterocycles. The molecule has 1 atom stereocenters. The SMILES string of the molecule is COc1ccccc1CC(=O)N(C)CCC(N)C(C)C. The van der Waals surface area contributed by atoms with Gasteiger partial charge in [0.1, 0.15) is 5.75 Å². The van der Waals surface area contributed by atoms with Crippen LogP contribution in [0.5, 0.6) is 5.75 Å². The lowest BCUT2D eigenvalue weighted by Gasteiger charge is -2.22. The monoisotopic (exact) mass is 278 g/mol. The van der Waals surface area contributed by atoms with Crippen molar-refractivity contribution < 1.29 is 9.53 Å². The van der Waals surface area contributed by atoms with Crippen molar-refractivity contribution >= 4 is 5.91 Å². The summed E-state index contributed by atoms with van der Waals surface area (Å²) in [6.07, 6.45) is 1.18. The molecular weight excluding hydrogens is 252 g/mol. The van der Waals surface area contributed by atoms with Crippen LogP contribution in [-0.4, -0.2) is 37.6 Å². The number of amides is 1. The number of nitrogens with two attached hydrogens (primary N) is 1. The first-order valence-electron chi connectivity index (χ1n) is 7.07. The smallest absolute Gasteiger partial charge is 0.226 e. The molecule has 0 aliphatic carbocycles. The summed E-state index contributed by atoms with van der Waals surface area (Å²) in [6, 6.07) is 7.75. The highest BCUT2D eigenvalue weighted by Crippen LogP contribution is 2.18. The minimum atomic E-state index is 0.0884. The van der Waals surface area contributed by atoms with Crippen LogP contribution < -0.4 is 10.5 Å². The largest absolute Gasteiger partial charge is 0.496 e. The molecule has 2 N–H and O–H groups in total. The minimum Gasteiger partial charge on any atom is -0.496 e. The zero-order valence-electron chi connectivity index (χ0n) is 12.9. The second-order valence-corrected chi connectivity index (χ2v) is 5.50. The number of benzene rings is 1. The third kappa shape index (κ3) is 4.85. The summed E-state index contributed by atoms with van der Waals surface area (Å²) >= 11 is 0. The highest BCUT2D eigenvalue weighted by Gasteiger charge is 2.14. The molecular formula is C16H26N2O2. The van der Waals surface area contributed by atoms with Crippen LogP contribution in [0.4, 0.5) is 0 Å². The van der Waals surface area contributed by atoms with Crippen molar-refractivity contribution in [2.24, 2.45) is 11.7 Å². The molecule has 0 bridgehead atoms. The molecule has 0 aliphatic heterocycles. The fourth-order valence-electron chi connectivity index (χ4n) is 1.95. The highest BCUT2D eigenvalue weighted by atomic mass is 16.5. The average molecular weight is 278 g/mol. The summed E-state index contributed by atoms with van der Waals surface area (Å²) in [4.78, 5) is 13.9. The van der Waals surface area contributed by atoms with Crippen molar-refractivity contribution in [3.05, 3.63) is 29.8 Å². The molecule has 0 fully saturated rings. The van der Waals surface area contributed by atoms with Crippen molar-refractivity contribution in [1.29, 1.82) is 0 Å². The average Bonchev–Trinajstić information content (AvgIpc) is 2.44. The normalized spacial score (nSPS) is 12.3. The first-order chi connectivity index (χ1) is 9.45. The Kier molecular flexibility index (Phi) is 6.52. The van der Waals surface area contributed by atoms with Crippen LogP contribution in [0.2, 0.25) is 0 Å². The maximum atomic E-state index is 12.2. The van der Waals surface area contributed by atoms with Crippen molar-refractivity contribution in [3.63, 3.8) is 0 Å². The quantitative estimate of drug-likeness (QED) is 0.830. The third-order valence-electron chi connectivity index (χ3n) is 3.61. The van der Waals surface area contributed by atoms with Gasteiger partial charge in [0.2, 0.25) is 5.91 Å². The van der Waals surface area contributed by atoms with Crippen molar-refractivity contribution in [3.8, 4) is 5.75 Å². The minimum absolute atomic E-state index is 0.0884. The Morgan fingerprint density at radius 1 is 1.35 bits per heavy atom. The predicted octanol–water partition coefficient (Wildman–Crippen LogP) is 2.07. The van der Waals surface area contributed by atoms with E-state index in [-0.39, 0.29) is 11.9 Å². The van der Waals surface area contributed by atoms with Crippen LogP contribution in [0, 0.1) is 5.92 Å². The van der Waals surface area contributed by atoms with Crippen LogP contribution >= 0.6 is 0 Å². The van der Waals surface area contributed by atoms with Crippen LogP contribution in [-0.2, 0) is 11.2 Å². The Morgan fingerprint density at radius 3 is 2.60 bits per heavy atom. The molecule has 1 amide bonds. The summed E-state index contributed by atoms with van der Waals surface area (Å²) in [5.41, 5.74) is 6.92. The van der Waals surface area contributed by atoms with E-state index in [4.69, 9.17) is 10.5 Å². The van der Waals surface area contributed by atoms with E-state index in [9.17, 15) is 4.79 Å². The molecule has 1 unspecified atom stereocenters. The fraction of sp³-hybridized carbons (Fsp3) is 0.562. The number of carbonyl (C=O) groups is 1. The second kappa shape index (κ2) is 7.90. The maximum absolute atomic E-state index is 12.2. The van der Waals surface area contributed by atoms with Gasteiger partial charge in [-0.25, -0.2) is 0 Å². The van der Waals surface area contributed by atoms with Crippen molar-refractivity contribution in [1.82, 2.24) is 4.90 Å². The topological polar surface area (TPSA) is 55.6 Å². The summed E-state index contributed by atoms with van der Waals surface area (Å²) in [7, 11) is 3.44. The Hall–Kier alpha value is -1.55. The van der Waals surface area contributed by atoms with Gasteiger partial charge in [-0.1, -0.05) is 32.0 Å². The molecule has 1 aromatic rings. The molecule has 0 saturated heterocycles. The van der Waals surface area contributed by atoms with Gasteiger partial charge in [-0.15, -0.1) is 0 Å². The first kappa shape index (κ1) is 16.5. The number of hydrogen-bond donors (Lipinski definition) is 1. The van der Waals surface area contributed by atoms with Crippen molar-refractivity contribution in [2.45, 2.75) is 32.7 Å². The van der Waals surface area contributed by atoms with E-state index in [1.54, 1.807) is 12.0 Å². The summed E-state index contributed by atoms with van der Waals surface area (Å²) in [6.45, 7) is 4.88. The van der Waals surface area contributed by atoms with Crippen LogP contribution in [0.25, 0.3) is 0 Å². The molecule has 4 nitrogen and oxygen atoms in total. The zero-order chi connectivity index (χ0) is 15.1. The molecule has 0 radical (unpaired) electrons. The van der Waals surface area contributed by atoms with E-state index < -0.39 is 0 Å². The summed E-state index contributed by atoms with van der Waals surface area (Å²) in [5, 5.41) is 0. The Balaban J connectivity index is 2.53.